The minimum Gasteiger partial charge on any atom is -0.313 e. The molecule has 1 saturated heterocycles. The molecule has 1 heterocycles. The van der Waals surface area contributed by atoms with Crippen LogP contribution in [0.25, 0.3) is 0 Å². The van der Waals surface area contributed by atoms with Crippen LogP contribution in [0.4, 0.5) is 4.39 Å². The van der Waals surface area contributed by atoms with Crippen LogP contribution in [0.2, 0.25) is 5.02 Å². The first kappa shape index (κ1) is 13.8. The van der Waals surface area contributed by atoms with Crippen molar-refractivity contribution in [2.45, 2.75) is 32.4 Å². The third-order valence-electron chi connectivity index (χ3n) is 3.46. The lowest BCUT2D eigenvalue weighted by molar-refractivity contribution is 0.254. The van der Waals surface area contributed by atoms with Crippen LogP contribution in [0.5, 0.6) is 0 Å². The highest BCUT2D eigenvalue weighted by atomic mass is 35.5. The molecule has 1 unspecified atom stereocenters. The topological polar surface area (TPSA) is 15.3 Å². The molecule has 1 aliphatic heterocycles. The number of rotatable bonds is 3. The minimum absolute atomic E-state index is 0.162. The second-order valence-electron chi connectivity index (χ2n) is 4.88. The van der Waals surface area contributed by atoms with E-state index in [1.807, 2.05) is 0 Å². The molecule has 1 atom stereocenters. The van der Waals surface area contributed by atoms with Crippen molar-refractivity contribution in [1.29, 1.82) is 0 Å². The van der Waals surface area contributed by atoms with E-state index in [0.29, 0.717) is 23.2 Å². The smallest absolute Gasteiger partial charge is 0.127 e. The molecule has 0 radical (unpaired) electrons. The van der Waals surface area contributed by atoms with E-state index in [1.165, 1.54) is 6.07 Å². The average molecular weight is 271 g/mol. The van der Waals surface area contributed by atoms with Gasteiger partial charge in [-0.3, -0.25) is 4.90 Å². The highest BCUT2D eigenvalue weighted by Crippen LogP contribution is 2.17. The Hall–Kier alpha value is -0.640. The zero-order valence-corrected chi connectivity index (χ0v) is 11.5. The van der Waals surface area contributed by atoms with Gasteiger partial charge in [0.05, 0.1) is 0 Å². The molecule has 4 heteroatoms. The predicted molar refractivity (Wildman–Crippen MR) is 73.4 cm³/mol. The Morgan fingerprint density at radius 3 is 3.11 bits per heavy atom. The fourth-order valence-electron chi connectivity index (χ4n) is 2.40. The summed E-state index contributed by atoms with van der Waals surface area (Å²) in [5, 5.41) is 4.11. The quantitative estimate of drug-likeness (QED) is 0.908. The van der Waals surface area contributed by atoms with Gasteiger partial charge in [-0.2, -0.15) is 0 Å². The van der Waals surface area contributed by atoms with Crippen molar-refractivity contribution in [2.75, 3.05) is 19.6 Å². The van der Waals surface area contributed by atoms with Crippen molar-refractivity contribution in [3.05, 3.63) is 34.6 Å². The van der Waals surface area contributed by atoms with Gasteiger partial charge in [-0.25, -0.2) is 4.39 Å². The van der Waals surface area contributed by atoms with Crippen LogP contribution < -0.4 is 5.32 Å². The molecule has 1 aromatic carbocycles. The van der Waals surface area contributed by atoms with Crippen LogP contribution in [-0.2, 0) is 6.54 Å². The number of nitrogens with zero attached hydrogens (tertiary/aromatic N) is 1. The molecule has 0 aliphatic carbocycles. The van der Waals surface area contributed by atoms with E-state index in [1.54, 1.807) is 12.1 Å². The van der Waals surface area contributed by atoms with E-state index in [2.05, 4.69) is 17.1 Å². The standard InChI is InChI=1S/C14H20ClFN2/c1-2-13-10-18(7-3-6-17-13)9-11-8-12(15)4-5-14(11)16/h4-5,8,13,17H,2-3,6-7,9-10H2,1H3. The molecule has 1 N–H and O–H groups in total. The Labute approximate surface area is 113 Å². The number of hydrogen-bond donors (Lipinski definition) is 1. The lowest BCUT2D eigenvalue weighted by atomic mass is 10.1. The van der Waals surface area contributed by atoms with Crippen molar-refractivity contribution in [3.63, 3.8) is 0 Å². The zero-order valence-electron chi connectivity index (χ0n) is 10.8. The maximum Gasteiger partial charge on any atom is 0.127 e. The highest BCUT2D eigenvalue weighted by molar-refractivity contribution is 6.30. The Kier molecular flexibility index (Phi) is 4.98. The fraction of sp³-hybridized carbons (Fsp3) is 0.571. The third kappa shape index (κ3) is 3.67. The summed E-state index contributed by atoms with van der Waals surface area (Å²) < 4.78 is 13.7. The van der Waals surface area contributed by atoms with Gasteiger partial charge < -0.3 is 5.32 Å². The van der Waals surface area contributed by atoms with E-state index in [0.717, 1.165) is 32.5 Å². The first-order chi connectivity index (χ1) is 8.69. The van der Waals surface area contributed by atoms with E-state index in [4.69, 9.17) is 11.6 Å². The summed E-state index contributed by atoms with van der Waals surface area (Å²) in [5.41, 5.74) is 0.694. The van der Waals surface area contributed by atoms with Gasteiger partial charge in [0.2, 0.25) is 0 Å². The first-order valence-electron chi connectivity index (χ1n) is 6.58. The van der Waals surface area contributed by atoms with Gasteiger partial charge in [0, 0.05) is 29.7 Å². The monoisotopic (exact) mass is 270 g/mol. The Balaban J connectivity index is 2.04. The number of benzene rings is 1. The van der Waals surface area contributed by atoms with Crippen molar-refractivity contribution in [1.82, 2.24) is 10.2 Å². The average Bonchev–Trinajstić information content (AvgIpc) is 2.59. The molecule has 100 valence electrons. The van der Waals surface area contributed by atoms with Gasteiger partial charge in [-0.1, -0.05) is 18.5 Å². The largest absolute Gasteiger partial charge is 0.313 e. The summed E-state index contributed by atoms with van der Waals surface area (Å²) >= 11 is 5.93. The fourth-order valence-corrected chi connectivity index (χ4v) is 2.59. The van der Waals surface area contributed by atoms with E-state index in [9.17, 15) is 4.39 Å². The van der Waals surface area contributed by atoms with Crippen molar-refractivity contribution >= 4 is 11.6 Å². The van der Waals surface area contributed by atoms with Crippen LogP contribution in [0.3, 0.4) is 0 Å². The molecule has 1 aliphatic rings. The van der Waals surface area contributed by atoms with Crippen LogP contribution >= 0.6 is 11.6 Å². The van der Waals surface area contributed by atoms with Gasteiger partial charge in [0.1, 0.15) is 5.82 Å². The Morgan fingerprint density at radius 2 is 2.33 bits per heavy atom. The second kappa shape index (κ2) is 6.50. The van der Waals surface area contributed by atoms with E-state index in [-0.39, 0.29) is 5.82 Å². The van der Waals surface area contributed by atoms with Crippen LogP contribution in [0.15, 0.2) is 18.2 Å². The Morgan fingerprint density at radius 1 is 1.50 bits per heavy atom. The third-order valence-corrected chi connectivity index (χ3v) is 3.69. The summed E-state index contributed by atoms with van der Waals surface area (Å²) in [6.07, 6.45) is 2.22. The molecule has 2 rings (SSSR count). The molecule has 0 spiro atoms. The van der Waals surface area contributed by atoms with Gasteiger partial charge in [0.15, 0.2) is 0 Å². The molecule has 0 aromatic heterocycles. The molecule has 2 nitrogen and oxygen atoms in total. The van der Waals surface area contributed by atoms with Crippen molar-refractivity contribution in [3.8, 4) is 0 Å². The summed E-state index contributed by atoms with van der Waals surface area (Å²) in [6.45, 7) is 5.86. The number of halogens is 2. The molecule has 0 amide bonds. The molecular weight excluding hydrogens is 251 g/mol. The van der Waals surface area contributed by atoms with Crippen LogP contribution in [0, 0.1) is 5.82 Å². The number of hydrogen-bond acceptors (Lipinski definition) is 2. The molecular formula is C14H20ClFN2. The van der Waals surface area contributed by atoms with Crippen LogP contribution in [0.1, 0.15) is 25.3 Å². The van der Waals surface area contributed by atoms with Crippen molar-refractivity contribution < 1.29 is 4.39 Å². The molecule has 0 bridgehead atoms. The summed E-state index contributed by atoms with van der Waals surface area (Å²) in [4.78, 5) is 2.31. The SMILES string of the molecule is CCC1CN(Cc2cc(Cl)ccc2F)CCCN1. The molecule has 1 aromatic rings. The van der Waals surface area contributed by atoms with Crippen LogP contribution in [-0.4, -0.2) is 30.6 Å². The minimum atomic E-state index is -0.162. The lowest BCUT2D eigenvalue weighted by Gasteiger charge is -2.23. The van der Waals surface area contributed by atoms with Gasteiger partial charge in [0.25, 0.3) is 0 Å². The van der Waals surface area contributed by atoms with E-state index >= 15 is 0 Å². The summed E-state index contributed by atoms with van der Waals surface area (Å²) in [6, 6.07) is 5.29. The Bertz CT molecular complexity index is 397. The van der Waals surface area contributed by atoms with Crippen molar-refractivity contribution in [2.24, 2.45) is 0 Å². The van der Waals surface area contributed by atoms with Gasteiger partial charge in [-0.15, -0.1) is 0 Å². The maximum atomic E-state index is 13.7. The van der Waals surface area contributed by atoms with Gasteiger partial charge >= 0.3 is 0 Å². The normalized spacial score (nSPS) is 21.8. The second-order valence-corrected chi connectivity index (χ2v) is 5.32. The number of nitrogens with one attached hydrogen (secondary N) is 1. The predicted octanol–water partition coefficient (Wildman–Crippen LogP) is 3.05. The maximum absolute atomic E-state index is 13.7. The molecule has 1 fully saturated rings. The van der Waals surface area contributed by atoms with E-state index < -0.39 is 0 Å². The first-order valence-corrected chi connectivity index (χ1v) is 6.96. The van der Waals surface area contributed by atoms with Gasteiger partial charge in [-0.05, 0) is 44.1 Å². The highest BCUT2D eigenvalue weighted by Gasteiger charge is 2.17. The zero-order chi connectivity index (χ0) is 13.0. The summed E-state index contributed by atoms with van der Waals surface area (Å²) in [7, 11) is 0. The molecule has 18 heavy (non-hydrogen) atoms. The lowest BCUT2D eigenvalue weighted by Crippen LogP contribution is -2.36. The summed E-state index contributed by atoms with van der Waals surface area (Å²) in [5.74, 6) is -0.162. The molecule has 0 saturated carbocycles.